The molecule has 0 aromatic rings. The van der Waals surface area contributed by atoms with Crippen molar-refractivity contribution in [3.8, 4) is 0 Å². The van der Waals surface area contributed by atoms with Gasteiger partial charge in [-0.15, -0.1) is 0 Å². The summed E-state index contributed by atoms with van der Waals surface area (Å²) in [6.45, 7) is 7.15. The summed E-state index contributed by atoms with van der Waals surface area (Å²) in [5, 5.41) is 0. The molecule has 0 unspecified atom stereocenters. The van der Waals surface area contributed by atoms with Gasteiger partial charge in [0.15, 0.2) is 0 Å². The summed E-state index contributed by atoms with van der Waals surface area (Å²) < 4.78 is 4.76. The van der Waals surface area contributed by atoms with Crippen molar-refractivity contribution in [2.45, 2.75) is 39.5 Å². The molecule has 0 heterocycles. The zero-order valence-corrected chi connectivity index (χ0v) is 7.35. The van der Waals surface area contributed by atoms with E-state index in [-0.39, 0.29) is 5.97 Å². The van der Waals surface area contributed by atoms with E-state index in [1.807, 2.05) is 0 Å². The van der Waals surface area contributed by atoms with Crippen LogP contribution in [0.4, 0.5) is 0 Å². The number of carbonyl (C=O) groups is 1. The van der Waals surface area contributed by atoms with E-state index in [0.29, 0.717) is 5.76 Å². The third kappa shape index (κ3) is 7.10. The van der Waals surface area contributed by atoms with Crippen LogP contribution in [0.1, 0.15) is 39.5 Å². The molecule has 0 atom stereocenters. The summed E-state index contributed by atoms with van der Waals surface area (Å²) in [6, 6.07) is 0. The Labute approximate surface area is 68.2 Å². The number of hydrogen-bond acceptors (Lipinski definition) is 2. The van der Waals surface area contributed by atoms with Gasteiger partial charge in [0.1, 0.15) is 5.76 Å². The van der Waals surface area contributed by atoms with Gasteiger partial charge in [0.05, 0.1) is 0 Å². The second kappa shape index (κ2) is 5.96. The quantitative estimate of drug-likeness (QED) is 0.347. The Morgan fingerprint density at radius 3 is 2.55 bits per heavy atom. The van der Waals surface area contributed by atoms with Crippen LogP contribution in [0, 0.1) is 0 Å². The summed E-state index contributed by atoms with van der Waals surface area (Å²) in [4.78, 5) is 10.4. The smallest absolute Gasteiger partial charge is 0.307 e. The topological polar surface area (TPSA) is 26.3 Å². The second-order valence-corrected chi connectivity index (χ2v) is 2.59. The molecular weight excluding hydrogens is 140 g/mol. The van der Waals surface area contributed by atoms with Crippen molar-refractivity contribution in [3.63, 3.8) is 0 Å². The van der Waals surface area contributed by atoms with Crippen LogP contribution in [0.3, 0.4) is 0 Å². The highest BCUT2D eigenvalue weighted by molar-refractivity contribution is 5.67. The van der Waals surface area contributed by atoms with Gasteiger partial charge in [-0.2, -0.15) is 0 Å². The van der Waals surface area contributed by atoms with Gasteiger partial charge in [-0.1, -0.05) is 26.3 Å². The molecule has 64 valence electrons. The Balaban J connectivity index is 3.30. The number of unbranched alkanes of at least 4 members (excludes halogenated alkanes) is 2. The van der Waals surface area contributed by atoms with Crippen molar-refractivity contribution < 1.29 is 9.53 Å². The van der Waals surface area contributed by atoms with Crippen molar-refractivity contribution in [3.05, 3.63) is 12.3 Å². The Bertz CT molecular complexity index is 138. The molecule has 0 radical (unpaired) electrons. The average molecular weight is 156 g/mol. The molecule has 11 heavy (non-hydrogen) atoms. The lowest BCUT2D eigenvalue weighted by molar-refractivity contribution is -0.137. The van der Waals surface area contributed by atoms with Crippen molar-refractivity contribution in [2.75, 3.05) is 0 Å². The molecule has 0 aromatic heterocycles. The van der Waals surface area contributed by atoms with Crippen LogP contribution in [-0.2, 0) is 9.53 Å². The van der Waals surface area contributed by atoms with E-state index in [1.54, 1.807) is 0 Å². The van der Waals surface area contributed by atoms with Crippen molar-refractivity contribution in [2.24, 2.45) is 0 Å². The molecule has 0 rings (SSSR count). The highest BCUT2D eigenvalue weighted by Crippen LogP contribution is 2.07. The maximum Gasteiger partial charge on any atom is 0.307 e. The molecule has 0 aliphatic heterocycles. The standard InChI is InChI=1S/C9H16O2/c1-4-5-6-7-8(2)11-9(3)10/h2,4-7H2,1,3H3. The Kier molecular flexibility index (Phi) is 5.53. The minimum Gasteiger partial charge on any atom is -0.432 e. The number of esters is 1. The van der Waals surface area contributed by atoms with E-state index in [2.05, 4.69) is 13.5 Å². The number of rotatable bonds is 5. The average Bonchev–Trinajstić information content (AvgIpc) is 1.86. The van der Waals surface area contributed by atoms with Crippen LogP contribution in [-0.4, -0.2) is 5.97 Å². The lowest BCUT2D eigenvalue weighted by Crippen LogP contribution is -1.97. The molecular formula is C9H16O2. The molecule has 0 spiro atoms. The van der Waals surface area contributed by atoms with Crippen LogP contribution < -0.4 is 0 Å². The molecule has 0 saturated heterocycles. The molecule has 0 saturated carbocycles. The van der Waals surface area contributed by atoms with Crippen molar-refractivity contribution in [1.29, 1.82) is 0 Å². The molecule has 0 amide bonds. The maximum absolute atomic E-state index is 10.4. The van der Waals surface area contributed by atoms with E-state index in [9.17, 15) is 4.79 Å². The van der Waals surface area contributed by atoms with Gasteiger partial charge in [0.2, 0.25) is 0 Å². The molecule has 0 bridgehead atoms. The molecule has 0 aliphatic rings. The monoisotopic (exact) mass is 156 g/mol. The van der Waals surface area contributed by atoms with E-state index in [1.165, 1.54) is 19.8 Å². The second-order valence-electron chi connectivity index (χ2n) is 2.59. The lowest BCUT2D eigenvalue weighted by Gasteiger charge is -2.03. The normalized spacial score (nSPS) is 9.27. The zero-order valence-electron chi connectivity index (χ0n) is 7.35. The number of carbonyl (C=O) groups excluding carboxylic acids is 1. The third-order valence-electron chi connectivity index (χ3n) is 1.35. The van der Waals surface area contributed by atoms with Gasteiger partial charge in [-0.05, 0) is 6.42 Å². The SMILES string of the molecule is C=C(CCCCC)OC(C)=O. The van der Waals surface area contributed by atoms with Gasteiger partial charge in [0, 0.05) is 13.3 Å². The molecule has 0 aliphatic carbocycles. The highest BCUT2D eigenvalue weighted by Gasteiger charge is 1.97. The van der Waals surface area contributed by atoms with Crippen molar-refractivity contribution >= 4 is 5.97 Å². The van der Waals surface area contributed by atoms with Gasteiger partial charge in [-0.25, -0.2) is 0 Å². The van der Waals surface area contributed by atoms with E-state index < -0.39 is 0 Å². The van der Waals surface area contributed by atoms with Gasteiger partial charge < -0.3 is 4.74 Å². The predicted octanol–water partition coefficient (Wildman–Crippen LogP) is 2.64. The van der Waals surface area contributed by atoms with Gasteiger partial charge in [-0.3, -0.25) is 4.79 Å². The Morgan fingerprint density at radius 2 is 2.09 bits per heavy atom. The zero-order chi connectivity index (χ0) is 8.69. The molecule has 0 N–H and O–H groups in total. The summed E-state index contributed by atoms with van der Waals surface area (Å²) >= 11 is 0. The summed E-state index contributed by atoms with van der Waals surface area (Å²) in [6.07, 6.45) is 4.20. The largest absolute Gasteiger partial charge is 0.432 e. The van der Waals surface area contributed by atoms with E-state index in [4.69, 9.17) is 4.74 Å². The lowest BCUT2D eigenvalue weighted by atomic mass is 10.2. The molecule has 2 nitrogen and oxygen atoms in total. The first kappa shape index (κ1) is 10.2. The molecule has 0 aromatic carbocycles. The van der Waals surface area contributed by atoms with Gasteiger partial charge >= 0.3 is 5.97 Å². The van der Waals surface area contributed by atoms with Crippen LogP contribution in [0.15, 0.2) is 12.3 Å². The summed E-state index contributed by atoms with van der Waals surface area (Å²) in [7, 11) is 0. The van der Waals surface area contributed by atoms with Crippen LogP contribution in [0.2, 0.25) is 0 Å². The number of ether oxygens (including phenoxy) is 1. The minimum absolute atomic E-state index is 0.272. The fraction of sp³-hybridized carbons (Fsp3) is 0.667. The highest BCUT2D eigenvalue weighted by atomic mass is 16.5. The number of allylic oxidation sites excluding steroid dienone is 1. The van der Waals surface area contributed by atoms with Crippen LogP contribution >= 0.6 is 0 Å². The van der Waals surface area contributed by atoms with E-state index in [0.717, 1.165) is 12.8 Å². The fourth-order valence-corrected chi connectivity index (χ4v) is 0.826. The van der Waals surface area contributed by atoms with Gasteiger partial charge in [0.25, 0.3) is 0 Å². The van der Waals surface area contributed by atoms with Crippen molar-refractivity contribution in [1.82, 2.24) is 0 Å². The fourth-order valence-electron chi connectivity index (χ4n) is 0.826. The summed E-state index contributed by atoms with van der Waals surface area (Å²) in [5.41, 5.74) is 0. The summed E-state index contributed by atoms with van der Waals surface area (Å²) in [5.74, 6) is 0.317. The number of hydrogen-bond donors (Lipinski definition) is 0. The first-order valence-electron chi connectivity index (χ1n) is 4.03. The van der Waals surface area contributed by atoms with Crippen LogP contribution in [0.5, 0.6) is 0 Å². The third-order valence-corrected chi connectivity index (χ3v) is 1.35. The van der Waals surface area contributed by atoms with E-state index >= 15 is 0 Å². The minimum atomic E-state index is -0.272. The predicted molar refractivity (Wildman–Crippen MR) is 45.0 cm³/mol. The first-order valence-corrected chi connectivity index (χ1v) is 4.03. The van der Waals surface area contributed by atoms with Crippen LogP contribution in [0.25, 0.3) is 0 Å². The first-order chi connectivity index (χ1) is 5.16. The Hall–Kier alpha value is -0.790. The molecule has 2 heteroatoms. The Morgan fingerprint density at radius 1 is 1.45 bits per heavy atom. The molecule has 0 fully saturated rings. The maximum atomic E-state index is 10.4.